The Morgan fingerprint density at radius 1 is 0.875 bits per heavy atom. The van der Waals surface area contributed by atoms with Crippen molar-refractivity contribution in [2.45, 2.75) is 12.5 Å². The Hall–Kier alpha value is -0.260. The second-order valence-electron chi connectivity index (χ2n) is 3.63. The SMILES string of the molecule is CS(=O)(=O)N1CC(O)N(S(C)(=O)=O)CC1O. The van der Waals surface area contributed by atoms with Gasteiger partial charge in [0.2, 0.25) is 20.0 Å². The first-order chi connectivity index (χ1) is 7.03. The van der Waals surface area contributed by atoms with Crippen LogP contribution >= 0.6 is 0 Å². The molecule has 0 aromatic rings. The molecule has 1 aliphatic heterocycles. The third-order valence-electron chi connectivity index (χ3n) is 2.20. The van der Waals surface area contributed by atoms with Gasteiger partial charge in [-0.1, -0.05) is 0 Å². The quantitative estimate of drug-likeness (QED) is 0.560. The van der Waals surface area contributed by atoms with Crippen LogP contribution in [0.15, 0.2) is 0 Å². The van der Waals surface area contributed by atoms with Gasteiger partial charge in [-0.25, -0.2) is 16.8 Å². The zero-order valence-corrected chi connectivity index (χ0v) is 10.4. The lowest BCUT2D eigenvalue weighted by molar-refractivity contribution is -0.0680. The molecule has 0 amide bonds. The summed E-state index contributed by atoms with van der Waals surface area (Å²) in [7, 11) is -7.35. The molecule has 10 heteroatoms. The lowest BCUT2D eigenvalue weighted by atomic mass is 10.4. The van der Waals surface area contributed by atoms with Crippen molar-refractivity contribution in [2.75, 3.05) is 25.6 Å². The Morgan fingerprint density at radius 3 is 1.31 bits per heavy atom. The third-order valence-corrected chi connectivity index (χ3v) is 4.69. The second-order valence-corrected chi connectivity index (χ2v) is 7.50. The van der Waals surface area contributed by atoms with E-state index in [-0.39, 0.29) is 0 Å². The second kappa shape index (κ2) is 4.20. The summed E-state index contributed by atoms with van der Waals surface area (Å²) in [5.74, 6) is 0. The maximum Gasteiger partial charge on any atom is 0.213 e. The molecule has 2 unspecified atom stereocenters. The number of aliphatic hydroxyl groups excluding tert-OH is 2. The van der Waals surface area contributed by atoms with E-state index in [1.807, 2.05) is 0 Å². The largest absolute Gasteiger partial charge is 0.376 e. The molecule has 0 bridgehead atoms. The number of nitrogens with zero attached hydrogens (tertiary/aromatic N) is 2. The van der Waals surface area contributed by atoms with Crippen LogP contribution in [-0.2, 0) is 20.0 Å². The fourth-order valence-corrected chi connectivity index (χ4v) is 3.29. The molecule has 0 spiro atoms. The van der Waals surface area contributed by atoms with Crippen molar-refractivity contribution >= 4 is 20.0 Å². The number of hydrogen-bond acceptors (Lipinski definition) is 6. The molecule has 0 radical (unpaired) electrons. The van der Waals surface area contributed by atoms with Gasteiger partial charge in [-0.2, -0.15) is 8.61 Å². The van der Waals surface area contributed by atoms with Gasteiger partial charge in [0.15, 0.2) is 0 Å². The lowest BCUT2D eigenvalue weighted by Gasteiger charge is -2.39. The van der Waals surface area contributed by atoms with Crippen molar-refractivity contribution in [1.29, 1.82) is 0 Å². The minimum absolute atomic E-state index is 0.479. The van der Waals surface area contributed by atoms with Crippen LogP contribution in [-0.4, -0.2) is 73.7 Å². The molecule has 0 saturated carbocycles. The maximum atomic E-state index is 11.2. The van der Waals surface area contributed by atoms with E-state index in [9.17, 15) is 27.0 Å². The molecule has 2 atom stereocenters. The lowest BCUT2D eigenvalue weighted by Crippen LogP contribution is -2.60. The van der Waals surface area contributed by atoms with Gasteiger partial charge in [-0.3, -0.25) is 0 Å². The minimum Gasteiger partial charge on any atom is -0.376 e. The Morgan fingerprint density at radius 2 is 1.12 bits per heavy atom. The molecule has 1 rings (SSSR count). The highest BCUT2D eigenvalue weighted by molar-refractivity contribution is 7.88. The van der Waals surface area contributed by atoms with Crippen molar-refractivity contribution in [3.05, 3.63) is 0 Å². The third kappa shape index (κ3) is 2.90. The van der Waals surface area contributed by atoms with E-state index in [1.165, 1.54) is 0 Å². The summed E-state index contributed by atoms with van der Waals surface area (Å²) >= 11 is 0. The number of β-amino-alcohol motifs (C(OH)–C–C–N with tert-alkyl or cyclic N) is 2. The van der Waals surface area contributed by atoms with E-state index in [0.717, 1.165) is 12.5 Å². The van der Waals surface area contributed by atoms with Crippen LogP contribution in [0, 0.1) is 0 Å². The van der Waals surface area contributed by atoms with Crippen LogP contribution in [0.25, 0.3) is 0 Å². The Bertz CT molecular complexity index is 413. The molecule has 0 aromatic heterocycles. The van der Waals surface area contributed by atoms with Crippen LogP contribution in [0.5, 0.6) is 0 Å². The molecule has 1 fully saturated rings. The van der Waals surface area contributed by atoms with Crippen molar-refractivity contribution in [2.24, 2.45) is 0 Å². The molecule has 0 aromatic carbocycles. The molecule has 1 heterocycles. The summed E-state index contributed by atoms with van der Waals surface area (Å²) in [4.78, 5) is 0. The summed E-state index contributed by atoms with van der Waals surface area (Å²) in [5.41, 5.74) is 0. The summed E-state index contributed by atoms with van der Waals surface area (Å²) in [6.07, 6.45) is -1.21. The number of hydrogen-bond donors (Lipinski definition) is 2. The zero-order valence-electron chi connectivity index (χ0n) is 8.81. The summed E-state index contributed by atoms with van der Waals surface area (Å²) in [6.45, 7) is -0.958. The smallest absolute Gasteiger partial charge is 0.213 e. The standard InChI is InChI=1S/C6H14N2O6S2/c1-15(11,12)7-3-6(10)8(4-5(7)9)16(2,13)14/h5-6,9-10H,3-4H2,1-2H3. The van der Waals surface area contributed by atoms with Gasteiger partial charge in [0.1, 0.15) is 12.5 Å². The van der Waals surface area contributed by atoms with Crippen molar-refractivity contribution in [3.63, 3.8) is 0 Å². The predicted molar refractivity (Wildman–Crippen MR) is 55.1 cm³/mol. The van der Waals surface area contributed by atoms with Crippen LogP contribution in [0.1, 0.15) is 0 Å². The normalized spacial score (nSPS) is 30.5. The van der Waals surface area contributed by atoms with Crippen molar-refractivity contribution in [3.8, 4) is 0 Å². The average molecular weight is 274 g/mol. The van der Waals surface area contributed by atoms with Crippen LogP contribution in [0.4, 0.5) is 0 Å². The molecule has 16 heavy (non-hydrogen) atoms. The Labute approximate surface area is 94.2 Å². The first-order valence-electron chi connectivity index (χ1n) is 4.33. The van der Waals surface area contributed by atoms with E-state index in [4.69, 9.17) is 0 Å². The fraction of sp³-hybridized carbons (Fsp3) is 1.00. The maximum absolute atomic E-state index is 11.2. The van der Waals surface area contributed by atoms with Gasteiger partial charge < -0.3 is 10.2 Å². The monoisotopic (exact) mass is 274 g/mol. The average Bonchev–Trinajstić information content (AvgIpc) is 2.04. The van der Waals surface area contributed by atoms with Gasteiger partial charge in [-0.15, -0.1) is 0 Å². The highest BCUT2D eigenvalue weighted by Gasteiger charge is 2.40. The van der Waals surface area contributed by atoms with E-state index in [0.29, 0.717) is 8.61 Å². The van der Waals surface area contributed by atoms with Crippen molar-refractivity contribution in [1.82, 2.24) is 8.61 Å². The van der Waals surface area contributed by atoms with Gasteiger partial charge in [0.25, 0.3) is 0 Å². The molecular weight excluding hydrogens is 260 g/mol. The number of aliphatic hydroxyl groups is 2. The summed E-state index contributed by atoms with van der Waals surface area (Å²) < 4.78 is 46.0. The van der Waals surface area contributed by atoms with Crippen LogP contribution in [0.3, 0.4) is 0 Å². The number of sulfonamides is 2. The van der Waals surface area contributed by atoms with E-state index in [1.54, 1.807) is 0 Å². The summed E-state index contributed by atoms with van der Waals surface area (Å²) in [6, 6.07) is 0. The fourth-order valence-electron chi connectivity index (χ4n) is 1.46. The Kier molecular flexibility index (Phi) is 3.62. The number of piperazine rings is 1. The number of rotatable bonds is 2. The first kappa shape index (κ1) is 13.8. The molecule has 1 saturated heterocycles. The molecular formula is C6H14N2O6S2. The van der Waals surface area contributed by atoms with E-state index < -0.39 is 45.6 Å². The minimum atomic E-state index is -3.68. The molecule has 0 aliphatic carbocycles. The zero-order chi connectivity index (χ0) is 12.7. The van der Waals surface area contributed by atoms with Gasteiger partial charge in [0.05, 0.1) is 25.6 Å². The molecule has 2 N–H and O–H groups in total. The van der Waals surface area contributed by atoms with Crippen LogP contribution in [0.2, 0.25) is 0 Å². The highest BCUT2D eigenvalue weighted by atomic mass is 32.2. The van der Waals surface area contributed by atoms with Crippen molar-refractivity contribution < 1.29 is 27.0 Å². The van der Waals surface area contributed by atoms with E-state index in [2.05, 4.69) is 0 Å². The Balaban J connectivity index is 2.96. The van der Waals surface area contributed by atoms with Gasteiger partial charge >= 0.3 is 0 Å². The predicted octanol–water partition coefficient (Wildman–Crippen LogP) is -2.84. The first-order valence-corrected chi connectivity index (χ1v) is 8.03. The molecule has 8 nitrogen and oxygen atoms in total. The van der Waals surface area contributed by atoms with Gasteiger partial charge in [0, 0.05) is 0 Å². The van der Waals surface area contributed by atoms with E-state index >= 15 is 0 Å². The van der Waals surface area contributed by atoms with Gasteiger partial charge in [-0.05, 0) is 0 Å². The summed E-state index contributed by atoms with van der Waals surface area (Å²) in [5, 5.41) is 19.0. The highest BCUT2D eigenvalue weighted by Crippen LogP contribution is 2.17. The molecule has 96 valence electrons. The molecule has 1 aliphatic rings. The van der Waals surface area contributed by atoms with Crippen LogP contribution < -0.4 is 0 Å². The topological polar surface area (TPSA) is 115 Å².